The van der Waals surface area contributed by atoms with Gasteiger partial charge >= 0.3 is 5.97 Å². The van der Waals surface area contributed by atoms with Gasteiger partial charge in [-0.1, -0.05) is 35.6 Å². The molecule has 1 aliphatic heterocycles. The van der Waals surface area contributed by atoms with Crippen molar-refractivity contribution in [2.24, 2.45) is 4.99 Å². The molecule has 4 rings (SSSR count). The number of carbonyl (C=O) groups excluding carboxylic acids is 1. The summed E-state index contributed by atoms with van der Waals surface area (Å²) in [6.07, 6.45) is 1.84. The van der Waals surface area contributed by atoms with E-state index >= 15 is 0 Å². The van der Waals surface area contributed by atoms with Crippen molar-refractivity contribution in [2.75, 3.05) is 32.7 Å². The van der Waals surface area contributed by atoms with Gasteiger partial charge in [-0.2, -0.15) is 0 Å². The highest BCUT2D eigenvalue weighted by atomic mass is 79.9. The van der Waals surface area contributed by atoms with Crippen LogP contribution in [0.1, 0.15) is 31.0 Å². The first-order valence-corrected chi connectivity index (χ1v) is 12.7. The number of para-hydroxylation sites is 1. The highest BCUT2D eigenvalue weighted by molar-refractivity contribution is 9.10. The van der Waals surface area contributed by atoms with Gasteiger partial charge in [0.1, 0.15) is 11.8 Å². The Morgan fingerprint density at radius 1 is 1.26 bits per heavy atom. The second-order valence-electron chi connectivity index (χ2n) is 8.15. The number of esters is 1. The molecule has 1 aliphatic rings. The van der Waals surface area contributed by atoms with E-state index in [-0.39, 0.29) is 12.2 Å². The second kappa shape index (κ2) is 10.2. The molecular weight excluding hydrogens is 530 g/mol. The minimum Gasteiger partial charge on any atom is -0.496 e. The minimum atomic E-state index is -0.716. The number of halogens is 1. The number of benzene rings is 2. The Hall–Kier alpha value is -3.17. The fourth-order valence-electron chi connectivity index (χ4n) is 4.11. The van der Waals surface area contributed by atoms with Gasteiger partial charge in [0.2, 0.25) is 0 Å². The zero-order chi connectivity index (χ0) is 25.3. The third kappa shape index (κ3) is 4.70. The Morgan fingerprint density at radius 3 is 2.66 bits per heavy atom. The number of methoxy groups -OCH3 is 1. The quantitative estimate of drug-likeness (QED) is 0.434. The van der Waals surface area contributed by atoms with Crippen LogP contribution in [-0.2, 0) is 9.53 Å². The maximum atomic E-state index is 13.7. The lowest BCUT2D eigenvalue weighted by atomic mass is 9.95. The van der Waals surface area contributed by atoms with E-state index in [9.17, 15) is 9.59 Å². The van der Waals surface area contributed by atoms with Crippen molar-refractivity contribution < 1.29 is 14.3 Å². The molecule has 0 saturated carbocycles. The number of hydrogen-bond donors (Lipinski definition) is 0. The van der Waals surface area contributed by atoms with E-state index in [1.165, 1.54) is 11.3 Å². The van der Waals surface area contributed by atoms with Gasteiger partial charge < -0.3 is 14.4 Å². The monoisotopic (exact) mass is 555 g/mol. The number of ether oxygens (including phenoxy) is 2. The van der Waals surface area contributed by atoms with Gasteiger partial charge in [0, 0.05) is 24.1 Å². The van der Waals surface area contributed by atoms with E-state index in [1.54, 1.807) is 25.5 Å². The van der Waals surface area contributed by atoms with Crippen LogP contribution in [0.5, 0.6) is 5.75 Å². The molecule has 35 heavy (non-hydrogen) atoms. The number of fused-ring (bicyclic) bond motifs is 1. The predicted molar refractivity (Wildman–Crippen MR) is 142 cm³/mol. The van der Waals surface area contributed by atoms with E-state index in [1.807, 2.05) is 67.5 Å². The van der Waals surface area contributed by atoms with Crippen LogP contribution in [0.3, 0.4) is 0 Å². The Balaban J connectivity index is 1.95. The fourth-order valence-corrected chi connectivity index (χ4v) is 5.90. The number of aromatic nitrogens is 1. The number of thiazole rings is 1. The van der Waals surface area contributed by atoms with Crippen LogP contribution >= 0.6 is 27.3 Å². The van der Waals surface area contributed by atoms with E-state index in [2.05, 4.69) is 20.9 Å². The molecule has 0 amide bonds. The lowest BCUT2D eigenvalue weighted by Crippen LogP contribution is -2.40. The van der Waals surface area contributed by atoms with Gasteiger partial charge in [-0.25, -0.2) is 9.79 Å². The summed E-state index contributed by atoms with van der Waals surface area (Å²) in [6.45, 7) is 3.74. The van der Waals surface area contributed by atoms with Crippen LogP contribution in [0.25, 0.3) is 6.08 Å². The van der Waals surface area contributed by atoms with Gasteiger partial charge in [-0.15, -0.1) is 0 Å². The van der Waals surface area contributed by atoms with Crippen molar-refractivity contribution >= 4 is 45.0 Å². The number of hydrogen-bond acceptors (Lipinski definition) is 7. The zero-order valence-corrected chi connectivity index (χ0v) is 22.6. The third-order valence-electron chi connectivity index (χ3n) is 5.70. The number of anilines is 1. The van der Waals surface area contributed by atoms with Crippen molar-refractivity contribution in [2.45, 2.75) is 19.9 Å². The van der Waals surface area contributed by atoms with Gasteiger partial charge in [0.05, 0.1) is 35.2 Å². The molecule has 9 heteroatoms. The first-order valence-electron chi connectivity index (χ1n) is 11.1. The van der Waals surface area contributed by atoms with Crippen molar-refractivity contribution in [3.05, 3.63) is 89.0 Å². The molecule has 0 saturated heterocycles. The lowest BCUT2D eigenvalue weighted by molar-refractivity contribution is -0.139. The molecule has 0 fully saturated rings. The molecule has 0 bridgehead atoms. The smallest absolute Gasteiger partial charge is 0.338 e. The van der Waals surface area contributed by atoms with Crippen molar-refractivity contribution in [1.29, 1.82) is 0 Å². The molecular formula is C26H26BrN3O4S. The van der Waals surface area contributed by atoms with E-state index in [0.717, 1.165) is 15.7 Å². The Bertz CT molecular complexity index is 1500. The first-order chi connectivity index (χ1) is 16.8. The number of rotatable bonds is 6. The van der Waals surface area contributed by atoms with Crippen LogP contribution in [0.15, 0.2) is 68.0 Å². The van der Waals surface area contributed by atoms with Crippen molar-refractivity contribution in [1.82, 2.24) is 4.57 Å². The van der Waals surface area contributed by atoms with Crippen LogP contribution in [0.2, 0.25) is 0 Å². The predicted octanol–water partition coefficient (Wildman–Crippen LogP) is 3.64. The van der Waals surface area contributed by atoms with Crippen LogP contribution in [0.4, 0.5) is 5.69 Å². The summed E-state index contributed by atoms with van der Waals surface area (Å²) in [7, 11) is 5.51. The van der Waals surface area contributed by atoms with Gasteiger partial charge in [0.15, 0.2) is 4.80 Å². The summed E-state index contributed by atoms with van der Waals surface area (Å²) < 4.78 is 14.0. The average Bonchev–Trinajstić information content (AvgIpc) is 3.12. The van der Waals surface area contributed by atoms with Crippen molar-refractivity contribution in [3.63, 3.8) is 0 Å². The highest BCUT2D eigenvalue weighted by Crippen LogP contribution is 2.35. The van der Waals surface area contributed by atoms with Crippen LogP contribution < -0.4 is 24.5 Å². The Morgan fingerprint density at radius 2 is 2.00 bits per heavy atom. The van der Waals surface area contributed by atoms with E-state index < -0.39 is 12.0 Å². The average molecular weight is 556 g/mol. The van der Waals surface area contributed by atoms with Crippen molar-refractivity contribution in [3.8, 4) is 5.75 Å². The molecule has 0 aliphatic carbocycles. The summed E-state index contributed by atoms with van der Waals surface area (Å²) in [4.78, 5) is 33.9. The molecule has 0 radical (unpaired) electrons. The molecule has 3 aromatic rings. The molecule has 0 unspecified atom stereocenters. The zero-order valence-electron chi connectivity index (χ0n) is 20.2. The second-order valence-corrected chi connectivity index (χ2v) is 10.0. The summed E-state index contributed by atoms with van der Waals surface area (Å²) >= 11 is 4.90. The largest absolute Gasteiger partial charge is 0.496 e. The summed E-state index contributed by atoms with van der Waals surface area (Å²) in [5, 5.41) is 0. The molecule has 1 atom stereocenters. The number of carbonyl (C=O) groups is 1. The Kier molecular flexibility index (Phi) is 7.28. The lowest BCUT2D eigenvalue weighted by Gasteiger charge is -2.25. The summed E-state index contributed by atoms with van der Waals surface area (Å²) in [5.74, 6) is 0.0777. The molecule has 0 N–H and O–H groups in total. The maximum Gasteiger partial charge on any atom is 0.338 e. The topological polar surface area (TPSA) is 73.1 Å². The summed E-state index contributed by atoms with van der Waals surface area (Å²) in [6, 6.07) is 12.6. The molecule has 7 nitrogen and oxygen atoms in total. The third-order valence-corrected chi connectivity index (χ3v) is 7.32. The fraction of sp³-hybridized carbons (Fsp3) is 0.269. The SMILES string of the molecule is CCOC(=O)C1=C(C)N=c2s/c(=C\c3ccc(N(C)C)c(Br)c3)c(=O)n2[C@@H]1c1ccccc1OC. The summed E-state index contributed by atoms with van der Waals surface area (Å²) in [5.41, 5.74) is 3.22. The standard InChI is InChI=1S/C26H26BrN3O4S/c1-6-34-25(32)22-15(2)28-26-30(23(22)17-9-7-8-10-20(17)33-5)24(31)21(35-26)14-16-11-12-19(29(3)4)18(27)13-16/h7-14,23H,6H2,1-5H3/b21-14-/t23-/m1/s1. The number of allylic oxidation sites excluding steroid dienone is 1. The van der Waals surface area contributed by atoms with E-state index in [4.69, 9.17) is 9.47 Å². The van der Waals surface area contributed by atoms with Crippen LogP contribution in [-0.4, -0.2) is 38.3 Å². The molecule has 2 heterocycles. The Labute approximate surface area is 215 Å². The van der Waals surface area contributed by atoms with Gasteiger partial charge in [-0.3, -0.25) is 9.36 Å². The molecule has 2 aromatic carbocycles. The van der Waals surface area contributed by atoms with E-state index in [0.29, 0.717) is 31.9 Å². The first kappa shape index (κ1) is 24.9. The molecule has 1 aromatic heterocycles. The normalized spacial score (nSPS) is 15.5. The number of nitrogens with zero attached hydrogens (tertiary/aromatic N) is 3. The molecule has 0 spiro atoms. The van der Waals surface area contributed by atoms with Gasteiger partial charge in [0.25, 0.3) is 5.56 Å². The minimum absolute atomic E-state index is 0.219. The molecule has 182 valence electrons. The van der Waals surface area contributed by atoms with Crippen LogP contribution in [0, 0.1) is 0 Å². The highest BCUT2D eigenvalue weighted by Gasteiger charge is 2.34. The van der Waals surface area contributed by atoms with Gasteiger partial charge in [-0.05, 0) is 59.6 Å². The maximum absolute atomic E-state index is 13.7.